The lowest BCUT2D eigenvalue weighted by atomic mass is 9.97. The first-order chi connectivity index (χ1) is 5.86. The highest BCUT2D eigenvalue weighted by atomic mass is 19.1. The second-order valence-electron chi connectivity index (χ2n) is 3.22. The maximum absolute atomic E-state index is 12.8. The summed E-state index contributed by atoms with van der Waals surface area (Å²) in [4.78, 5) is 0. The molecule has 2 rings (SSSR count). The molecule has 0 spiro atoms. The van der Waals surface area contributed by atoms with Gasteiger partial charge in [-0.15, -0.1) is 0 Å². The van der Waals surface area contributed by atoms with E-state index in [2.05, 4.69) is 5.32 Å². The van der Waals surface area contributed by atoms with Gasteiger partial charge in [0.1, 0.15) is 6.17 Å². The lowest BCUT2D eigenvalue weighted by molar-refractivity contribution is 0.158. The van der Waals surface area contributed by atoms with Gasteiger partial charge in [-0.3, -0.25) is 0 Å². The summed E-state index contributed by atoms with van der Waals surface area (Å²) in [5, 5.41) is 3.07. The number of halogens is 1. The van der Waals surface area contributed by atoms with Crippen LogP contribution in [-0.2, 0) is 6.42 Å². The van der Waals surface area contributed by atoms with Gasteiger partial charge in [0.05, 0.1) is 0 Å². The highest BCUT2D eigenvalue weighted by Crippen LogP contribution is 2.13. The molecule has 0 aliphatic carbocycles. The van der Waals surface area contributed by atoms with Crippen LogP contribution in [0.15, 0.2) is 30.3 Å². The average Bonchev–Trinajstić information content (AvgIpc) is 2.14. The Balaban J connectivity index is 1.95. The molecule has 2 atom stereocenters. The minimum atomic E-state index is -0.648. The molecule has 0 amide bonds. The summed E-state index contributed by atoms with van der Waals surface area (Å²) in [6.07, 6.45) is 0.160. The number of benzene rings is 1. The first-order valence-corrected chi connectivity index (χ1v) is 4.27. The molecule has 0 radical (unpaired) electrons. The van der Waals surface area contributed by atoms with Crippen LogP contribution in [0.3, 0.4) is 0 Å². The van der Waals surface area contributed by atoms with Gasteiger partial charge >= 0.3 is 0 Å². The second kappa shape index (κ2) is 3.23. The maximum Gasteiger partial charge on any atom is 0.128 e. The van der Waals surface area contributed by atoms with Gasteiger partial charge in [0.25, 0.3) is 0 Å². The van der Waals surface area contributed by atoms with Gasteiger partial charge in [0.15, 0.2) is 0 Å². The maximum atomic E-state index is 12.8. The molecule has 1 aliphatic heterocycles. The fraction of sp³-hybridized carbons (Fsp3) is 0.400. The van der Waals surface area contributed by atoms with Gasteiger partial charge in [-0.2, -0.15) is 0 Å². The fourth-order valence-electron chi connectivity index (χ4n) is 1.44. The summed E-state index contributed by atoms with van der Waals surface area (Å²) in [6.45, 7) is 0.525. The van der Waals surface area contributed by atoms with E-state index < -0.39 is 6.17 Å². The Morgan fingerprint density at radius 2 is 2.08 bits per heavy atom. The summed E-state index contributed by atoms with van der Waals surface area (Å²) in [7, 11) is 0. The topological polar surface area (TPSA) is 12.0 Å². The zero-order valence-corrected chi connectivity index (χ0v) is 6.83. The van der Waals surface area contributed by atoms with E-state index in [0.717, 1.165) is 6.42 Å². The summed E-state index contributed by atoms with van der Waals surface area (Å²) in [6, 6.07) is 10.1. The van der Waals surface area contributed by atoms with Gasteiger partial charge < -0.3 is 5.32 Å². The van der Waals surface area contributed by atoms with Gasteiger partial charge in [0.2, 0.25) is 0 Å². The Kier molecular flexibility index (Phi) is 2.09. The zero-order chi connectivity index (χ0) is 8.39. The smallest absolute Gasteiger partial charge is 0.128 e. The van der Waals surface area contributed by atoms with Gasteiger partial charge in [-0.1, -0.05) is 30.3 Å². The normalized spacial score (nSPS) is 28.1. The summed E-state index contributed by atoms with van der Waals surface area (Å²) >= 11 is 0. The Labute approximate surface area is 71.6 Å². The lowest BCUT2D eigenvalue weighted by Crippen LogP contribution is -2.55. The van der Waals surface area contributed by atoms with Crippen molar-refractivity contribution >= 4 is 0 Å². The van der Waals surface area contributed by atoms with E-state index in [0.29, 0.717) is 6.54 Å². The second-order valence-corrected chi connectivity index (χ2v) is 3.22. The van der Waals surface area contributed by atoms with E-state index >= 15 is 0 Å². The highest BCUT2D eigenvalue weighted by molar-refractivity contribution is 5.17. The molecule has 12 heavy (non-hydrogen) atoms. The number of hydrogen-bond donors (Lipinski definition) is 1. The van der Waals surface area contributed by atoms with Crippen molar-refractivity contribution in [3.8, 4) is 0 Å². The van der Waals surface area contributed by atoms with Gasteiger partial charge in [-0.05, 0) is 12.0 Å². The molecular weight excluding hydrogens is 153 g/mol. The number of hydrogen-bond acceptors (Lipinski definition) is 1. The highest BCUT2D eigenvalue weighted by Gasteiger charge is 2.29. The van der Waals surface area contributed by atoms with Crippen molar-refractivity contribution in [1.82, 2.24) is 5.32 Å². The molecule has 0 bridgehead atoms. The number of alkyl halides is 1. The van der Waals surface area contributed by atoms with Crippen molar-refractivity contribution in [2.45, 2.75) is 18.6 Å². The first-order valence-electron chi connectivity index (χ1n) is 4.27. The molecule has 1 N–H and O–H groups in total. The standard InChI is InChI=1S/C10H12FN/c11-9-7-12-10(9)6-8-4-2-1-3-5-8/h1-5,9-10,12H,6-7H2. The molecule has 1 aromatic carbocycles. The molecule has 1 heterocycles. The molecule has 0 aromatic heterocycles. The summed E-state index contributed by atoms with van der Waals surface area (Å²) in [5.74, 6) is 0. The van der Waals surface area contributed by atoms with Crippen LogP contribution in [0.2, 0.25) is 0 Å². The van der Waals surface area contributed by atoms with Crippen LogP contribution < -0.4 is 5.32 Å². The van der Waals surface area contributed by atoms with Gasteiger partial charge in [-0.25, -0.2) is 4.39 Å². The summed E-state index contributed by atoms with van der Waals surface area (Å²) in [5.41, 5.74) is 1.21. The van der Waals surface area contributed by atoms with Crippen molar-refractivity contribution in [1.29, 1.82) is 0 Å². The predicted octanol–water partition coefficient (Wildman–Crippen LogP) is 1.54. The molecular formula is C10H12FN. The van der Waals surface area contributed by atoms with Crippen LogP contribution in [0, 0.1) is 0 Å². The van der Waals surface area contributed by atoms with Crippen LogP contribution in [-0.4, -0.2) is 18.8 Å². The van der Waals surface area contributed by atoms with Crippen molar-refractivity contribution in [2.75, 3.05) is 6.54 Å². The Hall–Kier alpha value is -0.890. The molecule has 1 aliphatic rings. The van der Waals surface area contributed by atoms with Crippen molar-refractivity contribution in [3.05, 3.63) is 35.9 Å². The van der Waals surface area contributed by atoms with E-state index in [1.165, 1.54) is 5.56 Å². The molecule has 1 nitrogen and oxygen atoms in total. The van der Waals surface area contributed by atoms with E-state index in [1.807, 2.05) is 30.3 Å². The monoisotopic (exact) mass is 165 g/mol. The quantitative estimate of drug-likeness (QED) is 0.701. The molecule has 1 saturated heterocycles. The molecule has 0 saturated carbocycles. The number of nitrogens with one attached hydrogen (secondary N) is 1. The Bertz CT molecular complexity index is 247. The molecule has 2 heteroatoms. The van der Waals surface area contributed by atoms with Crippen LogP contribution in [0.25, 0.3) is 0 Å². The molecule has 64 valence electrons. The van der Waals surface area contributed by atoms with Crippen LogP contribution in [0.4, 0.5) is 4.39 Å². The fourth-order valence-corrected chi connectivity index (χ4v) is 1.44. The zero-order valence-electron chi connectivity index (χ0n) is 6.83. The minimum Gasteiger partial charge on any atom is -0.308 e. The average molecular weight is 165 g/mol. The Morgan fingerprint density at radius 3 is 2.58 bits per heavy atom. The SMILES string of the molecule is FC1CNC1Cc1ccccc1. The molecule has 1 aromatic rings. The number of rotatable bonds is 2. The van der Waals surface area contributed by atoms with Crippen LogP contribution in [0.1, 0.15) is 5.56 Å². The third-order valence-electron chi connectivity index (χ3n) is 2.31. The minimum absolute atomic E-state index is 0.0485. The van der Waals surface area contributed by atoms with E-state index in [-0.39, 0.29) is 6.04 Å². The molecule has 2 unspecified atom stereocenters. The largest absolute Gasteiger partial charge is 0.308 e. The van der Waals surface area contributed by atoms with Crippen molar-refractivity contribution in [2.24, 2.45) is 0 Å². The van der Waals surface area contributed by atoms with E-state index in [4.69, 9.17) is 0 Å². The van der Waals surface area contributed by atoms with E-state index in [9.17, 15) is 4.39 Å². The lowest BCUT2D eigenvalue weighted by Gasteiger charge is -2.32. The van der Waals surface area contributed by atoms with E-state index in [1.54, 1.807) is 0 Å². The third kappa shape index (κ3) is 1.48. The molecule has 1 fully saturated rings. The first kappa shape index (κ1) is 7.74. The van der Waals surface area contributed by atoms with Gasteiger partial charge in [0, 0.05) is 12.6 Å². The van der Waals surface area contributed by atoms with Crippen LogP contribution >= 0.6 is 0 Å². The third-order valence-corrected chi connectivity index (χ3v) is 2.31. The Morgan fingerprint density at radius 1 is 1.33 bits per heavy atom. The summed E-state index contributed by atoms with van der Waals surface area (Å²) < 4.78 is 12.8. The predicted molar refractivity (Wildman–Crippen MR) is 46.8 cm³/mol. The van der Waals surface area contributed by atoms with Crippen LogP contribution in [0.5, 0.6) is 0 Å². The van der Waals surface area contributed by atoms with Crippen molar-refractivity contribution < 1.29 is 4.39 Å². The van der Waals surface area contributed by atoms with Crippen molar-refractivity contribution in [3.63, 3.8) is 0 Å².